The van der Waals surface area contributed by atoms with E-state index in [-0.39, 0.29) is 5.92 Å². The minimum Gasteiger partial charge on any atom is -0.480 e. The zero-order valence-corrected chi connectivity index (χ0v) is 10.9. The van der Waals surface area contributed by atoms with Crippen molar-refractivity contribution in [3.8, 4) is 0 Å². The number of aliphatic carboxylic acids is 1. The third-order valence-electron chi connectivity index (χ3n) is 2.43. The highest BCUT2D eigenvalue weighted by molar-refractivity contribution is 7.90. The molecule has 8 heteroatoms. The molecule has 0 bridgehead atoms. The first-order chi connectivity index (χ1) is 7.73. The molecular formula is C9H18N2O5S. The maximum Gasteiger partial charge on any atom is 0.326 e. The fourth-order valence-corrected chi connectivity index (χ4v) is 1.72. The largest absolute Gasteiger partial charge is 0.480 e. The Hall–Kier alpha value is -1.15. The van der Waals surface area contributed by atoms with Crippen molar-refractivity contribution in [3.63, 3.8) is 0 Å². The molecule has 100 valence electrons. The molecule has 0 aliphatic heterocycles. The summed E-state index contributed by atoms with van der Waals surface area (Å²) in [6.45, 7) is 3.46. The highest BCUT2D eigenvalue weighted by Crippen LogP contribution is 2.07. The van der Waals surface area contributed by atoms with E-state index in [4.69, 9.17) is 5.11 Å². The van der Waals surface area contributed by atoms with Crippen molar-refractivity contribution in [2.45, 2.75) is 26.3 Å². The smallest absolute Gasteiger partial charge is 0.326 e. The Balaban J connectivity index is 4.58. The lowest BCUT2D eigenvalue weighted by Gasteiger charge is -2.19. The molecule has 0 unspecified atom stereocenters. The monoisotopic (exact) mass is 266 g/mol. The lowest BCUT2D eigenvalue weighted by molar-refractivity contribution is -0.143. The molecule has 0 saturated carbocycles. The van der Waals surface area contributed by atoms with Crippen molar-refractivity contribution in [1.29, 1.82) is 0 Å². The van der Waals surface area contributed by atoms with E-state index in [1.54, 1.807) is 13.8 Å². The van der Waals surface area contributed by atoms with Gasteiger partial charge in [-0.3, -0.25) is 4.79 Å². The van der Waals surface area contributed by atoms with Gasteiger partial charge in [0.1, 0.15) is 11.8 Å². The Bertz CT molecular complexity index is 379. The summed E-state index contributed by atoms with van der Waals surface area (Å²) in [4.78, 5) is 22.2. The van der Waals surface area contributed by atoms with Crippen LogP contribution in [-0.2, 0) is 19.6 Å². The molecule has 3 N–H and O–H groups in total. The van der Waals surface area contributed by atoms with Gasteiger partial charge in [-0.25, -0.2) is 17.9 Å². The van der Waals surface area contributed by atoms with E-state index in [1.165, 1.54) is 7.05 Å². The number of amides is 1. The van der Waals surface area contributed by atoms with Crippen LogP contribution < -0.4 is 10.0 Å². The normalized spacial score (nSPS) is 15.0. The number of hydrogen-bond acceptors (Lipinski definition) is 4. The second-order valence-electron chi connectivity index (χ2n) is 3.73. The number of carbonyl (C=O) groups excluding carboxylic acids is 1. The summed E-state index contributed by atoms with van der Waals surface area (Å²) >= 11 is 0. The Morgan fingerprint density at radius 1 is 1.35 bits per heavy atom. The first-order valence-corrected chi connectivity index (χ1v) is 6.82. The van der Waals surface area contributed by atoms with Crippen molar-refractivity contribution in [3.05, 3.63) is 0 Å². The number of carbonyl (C=O) groups is 2. The summed E-state index contributed by atoms with van der Waals surface area (Å²) in [7, 11) is -2.49. The molecule has 2 atom stereocenters. The summed E-state index contributed by atoms with van der Waals surface area (Å²) in [5.41, 5.74) is 0. The Morgan fingerprint density at radius 3 is 2.24 bits per heavy atom. The molecule has 0 aliphatic carbocycles. The van der Waals surface area contributed by atoms with Gasteiger partial charge in [0.05, 0.1) is 0 Å². The van der Waals surface area contributed by atoms with E-state index >= 15 is 0 Å². The minimum absolute atomic E-state index is 0.270. The van der Waals surface area contributed by atoms with Gasteiger partial charge in [-0.1, -0.05) is 20.3 Å². The van der Waals surface area contributed by atoms with Gasteiger partial charge in [0.2, 0.25) is 15.9 Å². The van der Waals surface area contributed by atoms with E-state index in [9.17, 15) is 18.0 Å². The Kier molecular flexibility index (Phi) is 6.11. The molecule has 1 amide bonds. The number of hydrogen-bond donors (Lipinski definition) is 3. The van der Waals surface area contributed by atoms with Crippen LogP contribution in [0.3, 0.4) is 0 Å². The summed E-state index contributed by atoms with van der Waals surface area (Å²) in [6.07, 6.45) is 0.566. The third kappa shape index (κ3) is 5.64. The van der Waals surface area contributed by atoms with E-state index in [2.05, 4.69) is 5.32 Å². The molecule has 7 nitrogen and oxygen atoms in total. The molecule has 0 aromatic rings. The SMILES string of the molecule is CC[C@H](C)[C@H](NC(=O)CS(=O)(=O)NC)C(=O)O. The standard InChI is InChI=1S/C9H18N2O5S/c1-4-6(2)8(9(13)14)11-7(12)5-17(15,16)10-3/h6,8,10H,4-5H2,1-3H3,(H,11,12)(H,13,14)/t6-,8-/m0/s1. The molecule has 0 spiro atoms. The first kappa shape index (κ1) is 15.9. The van der Waals surface area contributed by atoms with Crippen LogP contribution in [0, 0.1) is 5.92 Å². The van der Waals surface area contributed by atoms with Crippen LogP contribution in [0.2, 0.25) is 0 Å². The predicted molar refractivity (Wildman–Crippen MR) is 61.9 cm³/mol. The maximum atomic E-state index is 11.4. The molecule has 0 aromatic heterocycles. The van der Waals surface area contributed by atoms with Gasteiger partial charge >= 0.3 is 5.97 Å². The van der Waals surface area contributed by atoms with Gasteiger partial charge in [-0.05, 0) is 13.0 Å². The lowest BCUT2D eigenvalue weighted by Crippen LogP contribution is -2.47. The number of carboxylic acids is 1. The summed E-state index contributed by atoms with van der Waals surface area (Å²) in [5.74, 6) is -3.04. The Morgan fingerprint density at radius 2 is 1.88 bits per heavy atom. The van der Waals surface area contributed by atoms with Gasteiger partial charge < -0.3 is 10.4 Å². The second-order valence-corrected chi connectivity index (χ2v) is 5.66. The van der Waals surface area contributed by atoms with Crippen molar-refractivity contribution >= 4 is 21.9 Å². The van der Waals surface area contributed by atoms with Gasteiger partial charge in [-0.15, -0.1) is 0 Å². The molecule has 17 heavy (non-hydrogen) atoms. The van der Waals surface area contributed by atoms with Crippen LogP contribution in [0.25, 0.3) is 0 Å². The van der Waals surface area contributed by atoms with Crippen molar-refractivity contribution in [1.82, 2.24) is 10.0 Å². The van der Waals surface area contributed by atoms with Crippen molar-refractivity contribution in [2.75, 3.05) is 12.8 Å². The molecule has 0 radical (unpaired) electrons. The molecule has 0 aliphatic rings. The van der Waals surface area contributed by atoms with Crippen LogP contribution in [0.1, 0.15) is 20.3 Å². The quantitative estimate of drug-likeness (QED) is 0.555. The third-order valence-corrected chi connectivity index (χ3v) is 3.69. The second kappa shape index (κ2) is 6.55. The molecule has 0 rings (SSSR count). The van der Waals surface area contributed by atoms with Gasteiger partial charge in [0.25, 0.3) is 0 Å². The van der Waals surface area contributed by atoms with E-state index in [0.29, 0.717) is 6.42 Å². The summed E-state index contributed by atoms with van der Waals surface area (Å²) in [6, 6.07) is -1.07. The highest BCUT2D eigenvalue weighted by Gasteiger charge is 2.26. The minimum atomic E-state index is -3.68. The highest BCUT2D eigenvalue weighted by atomic mass is 32.2. The Labute approximate surface area is 101 Å². The predicted octanol–water partition coefficient (Wildman–Crippen LogP) is -0.849. The molecule has 0 saturated heterocycles. The summed E-state index contributed by atoms with van der Waals surface area (Å²) < 4.78 is 24.1. The summed E-state index contributed by atoms with van der Waals surface area (Å²) in [5, 5.41) is 11.1. The van der Waals surface area contributed by atoms with Crippen LogP contribution in [0.4, 0.5) is 0 Å². The lowest BCUT2D eigenvalue weighted by atomic mass is 9.99. The van der Waals surface area contributed by atoms with E-state index in [1.807, 2.05) is 4.72 Å². The molecule has 0 fully saturated rings. The zero-order chi connectivity index (χ0) is 13.6. The maximum absolute atomic E-state index is 11.4. The topological polar surface area (TPSA) is 113 Å². The number of rotatable bonds is 7. The van der Waals surface area contributed by atoms with Crippen LogP contribution in [0.5, 0.6) is 0 Å². The van der Waals surface area contributed by atoms with Crippen LogP contribution >= 0.6 is 0 Å². The van der Waals surface area contributed by atoms with Gasteiger partial charge in [-0.2, -0.15) is 0 Å². The van der Waals surface area contributed by atoms with Crippen molar-refractivity contribution in [2.24, 2.45) is 5.92 Å². The molecular weight excluding hydrogens is 248 g/mol. The van der Waals surface area contributed by atoms with E-state index < -0.39 is 33.7 Å². The van der Waals surface area contributed by atoms with E-state index in [0.717, 1.165) is 0 Å². The number of carboxylic acid groups (broad SMARTS) is 1. The average Bonchev–Trinajstić information content (AvgIpc) is 2.24. The number of nitrogens with one attached hydrogen (secondary N) is 2. The van der Waals surface area contributed by atoms with Gasteiger partial charge in [0, 0.05) is 0 Å². The molecule has 0 aromatic carbocycles. The fourth-order valence-electron chi connectivity index (χ4n) is 1.14. The molecule has 0 heterocycles. The average molecular weight is 266 g/mol. The van der Waals surface area contributed by atoms with Crippen molar-refractivity contribution < 1.29 is 23.1 Å². The zero-order valence-electron chi connectivity index (χ0n) is 10.1. The fraction of sp³-hybridized carbons (Fsp3) is 0.778. The number of sulfonamides is 1. The van der Waals surface area contributed by atoms with Crippen LogP contribution in [0.15, 0.2) is 0 Å². The van der Waals surface area contributed by atoms with Crippen LogP contribution in [-0.4, -0.2) is 44.2 Å². The van der Waals surface area contributed by atoms with Gasteiger partial charge in [0.15, 0.2) is 0 Å². The first-order valence-electron chi connectivity index (χ1n) is 5.16.